The van der Waals surface area contributed by atoms with Crippen molar-refractivity contribution in [3.05, 3.63) is 57.6 Å². The van der Waals surface area contributed by atoms with Crippen molar-refractivity contribution in [1.82, 2.24) is 5.43 Å². The number of amides is 2. The number of hydrogen-bond acceptors (Lipinski definition) is 4. The second-order valence-electron chi connectivity index (χ2n) is 5.60. The number of benzene rings is 2. The van der Waals surface area contributed by atoms with Crippen molar-refractivity contribution in [2.75, 3.05) is 11.9 Å². The van der Waals surface area contributed by atoms with Crippen LogP contribution in [0.1, 0.15) is 24.5 Å². The van der Waals surface area contributed by atoms with E-state index in [1.165, 1.54) is 6.21 Å². The van der Waals surface area contributed by atoms with E-state index in [4.69, 9.17) is 27.9 Å². The van der Waals surface area contributed by atoms with Crippen LogP contribution in [0.25, 0.3) is 0 Å². The van der Waals surface area contributed by atoms with Gasteiger partial charge in [-0.15, -0.1) is 0 Å². The van der Waals surface area contributed by atoms with Gasteiger partial charge in [0.05, 0.1) is 12.8 Å². The standard InChI is InChI=1S/C19H19Cl2N3O3/c1-3-27-17-7-5-14(20)8-13(17)11-22-24-19(26)10-18(25)23-15-6-4-12(2)16(21)9-15/h4-9,11H,3,10H2,1-2H3,(H,23,25)(H,24,26). The molecule has 2 aromatic carbocycles. The number of nitrogens with zero attached hydrogens (tertiary/aromatic N) is 1. The van der Waals surface area contributed by atoms with E-state index < -0.39 is 11.8 Å². The molecule has 2 aromatic rings. The lowest BCUT2D eigenvalue weighted by atomic mass is 10.2. The molecule has 0 atom stereocenters. The Hall–Kier alpha value is -2.57. The fourth-order valence-electron chi connectivity index (χ4n) is 2.14. The molecule has 0 aliphatic carbocycles. The summed E-state index contributed by atoms with van der Waals surface area (Å²) in [6.07, 6.45) is 1.03. The van der Waals surface area contributed by atoms with E-state index in [-0.39, 0.29) is 6.42 Å². The van der Waals surface area contributed by atoms with Gasteiger partial charge in [0.1, 0.15) is 12.2 Å². The molecule has 0 aromatic heterocycles. The van der Waals surface area contributed by atoms with Crippen molar-refractivity contribution in [1.29, 1.82) is 0 Å². The number of ether oxygens (including phenoxy) is 1. The third-order valence-electron chi connectivity index (χ3n) is 3.44. The van der Waals surface area contributed by atoms with Crippen LogP contribution in [0.5, 0.6) is 5.75 Å². The Morgan fingerprint density at radius 3 is 2.63 bits per heavy atom. The van der Waals surface area contributed by atoms with Crippen molar-refractivity contribution in [2.24, 2.45) is 5.10 Å². The summed E-state index contributed by atoms with van der Waals surface area (Å²) in [5.41, 5.74) is 4.33. The number of hydrazone groups is 1. The van der Waals surface area contributed by atoms with Gasteiger partial charge in [-0.3, -0.25) is 9.59 Å². The molecule has 0 aliphatic rings. The first-order valence-corrected chi connectivity index (χ1v) is 8.95. The first kappa shape index (κ1) is 20.7. The maximum atomic E-state index is 11.9. The molecule has 0 unspecified atom stereocenters. The van der Waals surface area contributed by atoms with Gasteiger partial charge in [0, 0.05) is 21.3 Å². The molecule has 0 spiro atoms. The number of rotatable bonds is 7. The minimum Gasteiger partial charge on any atom is -0.493 e. The fraction of sp³-hybridized carbons (Fsp3) is 0.211. The second kappa shape index (κ2) is 9.94. The quantitative estimate of drug-likeness (QED) is 0.410. The first-order valence-electron chi connectivity index (χ1n) is 8.19. The van der Waals surface area contributed by atoms with E-state index in [9.17, 15) is 9.59 Å². The summed E-state index contributed by atoms with van der Waals surface area (Å²) in [5.74, 6) is -0.434. The zero-order chi connectivity index (χ0) is 19.8. The molecule has 142 valence electrons. The molecule has 2 rings (SSSR count). The molecular formula is C19H19Cl2N3O3. The lowest BCUT2D eigenvalue weighted by Gasteiger charge is -2.07. The summed E-state index contributed by atoms with van der Waals surface area (Å²) in [6.45, 7) is 4.20. The minimum atomic E-state index is -0.554. The van der Waals surface area contributed by atoms with E-state index in [1.807, 2.05) is 13.8 Å². The van der Waals surface area contributed by atoms with E-state index in [1.54, 1.807) is 36.4 Å². The molecule has 0 fully saturated rings. The van der Waals surface area contributed by atoms with Crippen LogP contribution in [0.4, 0.5) is 5.69 Å². The summed E-state index contributed by atoms with van der Waals surface area (Å²) in [5, 5.41) is 7.51. The Bertz CT molecular complexity index is 869. The summed E-state index contributed by atoms with van der Waals surface area (Å²) < 4.78 is 5.46. The summed E-state index contributed by atoms with van der Waals surface area (Å²) in [7, 11) is 0. The molecule has 0 saturated carbocycles. The Morgan fingerprint density at radius 2 is 1.93 bits per heavy atom. The van der Waals surface area contributed by atoms with Crippen molar-refractivity contribution < 1.29 is 14.3 Å². The molecule has 6 nitrogen and oxygen atoms in total. The first-order chi connectivity index (χ1) is 12.9. The largest absolute Gasteiger partial charge is 0.493 e. The van der Waals surface area contributed by atoms with E-state index in [2.05, 4.69) is 15.8 Å². The smallest absolute Gasteiger partial charge is 0.249 e. The van der Waals surface area contributed by atoms with Gasteiger partial charge in [0.25, 0.3) is 0 Å². The van der Waals surface area contributed by atoms with Gasteiger partial charge in [-0.2, -0.15) is 5.10 Å². The van der Waals surface area contributed by atoms with Gasteiger partial charge in [-0.1, -0.05) is 29.3 Å². The van der Waals surface area contributed by atoms with Crippen LogP contribution in [-0.4, -0.2) is 24.6 Å². The molecular weight excluding hydrogens is 389 g/mol. The minimum absolute atomic E-state index is 0.378. The number of aryl methyl sites for hydroxylation is 1. The van der Waals surface area contributed by atoms with Crippen LogP contribution in [0, 0.1) is 6.92 Å². The Kier molecular flexibility index (Phi) is 7.64. The van der Waals surface area contributed by atoms with Crippen molar-refractivity contribution in [2.45, 2.75) is 20.3 Å². The lowest BCUT2D eigenvalue weighted by molar-refractivity contribution is -0.126. The van der Waals surface area contributed by atoms with Crippen LogP contribution in [0.15, 0.2) is 41.5 Å². The Labute approximate surface area is 167 Å². The van der Waals surface area contributed by atoms with Crippen molar-refractivity contribution >= 4 is 46.9 Å². The van der Waals surface area contributed by atoms with Gasteiger partial charge in [-0.25, -0.2) is 5.43 Å². The number of carbonyl (C=O) groups excluding carboxylic acids is 2. The number of anilines is 1. The summed E-state index contributed by atoms with van der Waals surface area (Å²) in [4.78, 5) is 23.8. The summed E-state index contributed by atoms with van der Waals surface area (Å²) >= 11 is 12.0. The highest BCUT2D eigenvalue weighted by atomic mass is 35.5. The molecule has 0 aliphatic heterocycles. The van der Waals surface area contributed by atoms with E-state index in [0.29, 0.717) is 33.7 Å². The monoisotopic (exact) mass is 407 g/mol. The zero-order valence-corrected chi connectivity index (χ0v) is 16.4. The van der Waals surface area contributed by atoms with Gasteiger partial charge in [0.15, 0.2) is 0 Å². The normalized spacial score (nSPS) is 10.7. The van der Waals surface area contributed by atoms with Crippen LogP contribution in [-0.2, 0) is 9.59 Å². The number of halogens is 2. The maximum Gasteiger partial charge on any atom is 0.249 e. The molecule has 0 bridgehead atoms. The van der Waals surface area contributed by atoms with Crippen LogP contribution >= 0.6 is 23.2 Å². The highest BCUT2D eigenvalue weighted by Gasteiger charge is 2.10. The SMILES string of the molecule is CCOc1ccc(Cl)cc1C=NNC(=O)CC(=O)Nc1ccc(C)c(Cl)c1. The zero-order valence-electron chi connectivity index (χ0n) is 14.9. The third-order valence-corrected chi connectivity index (χ3v) is 4.08. The molecule has 2 N–H and O–H groups in total. The predicted molar refractivity (Wildman–Crippen MR) is 108 cm³/mol. The molecule has 2 amide bonds. The highest BCUT2D eigenvalue weighted by molar-refractivity contribution is 6.31. The Morgan fingerprint density at radius 1 is 1.15 bits per heavy atom. The number of nitrogens with one attached hydrogen (secondary N) is 2. The molecule has 0 radical (unpaired) electrons. The predicted octanol–water partition coefficient (Wildman–Crippen LogP) is 4.18. The van der Waals surface area contributed by atoms with Gasteiger partial charge >= 0.3 is 0 Å². The molecule has 0 heterocycles. The van der Waals surface area contributed by atoms with Crippen LogP contribution in [0.3, 0.4) is 0 Å². The van der Waals surface area contributed by atoms with Crippen LogP contribution in [0.2, 0.25) is 10.0 Å². The van der Waals surface area contributed by atoms with E-state index in [0.717, 1.165) is 5.56 Å². The number of carbonyl (C=O) groups is 2. The lowest BCUT2D eigenvalue weighted by Crippen LogP contribution is -2.24. The van der Waals surface area contributed by atoms with Gasteiger partial charge in [0.2, 0.25) is 11.8 Å². The average molecular weight is 408 g/mol. The maximum absolute atomic E-state index is 11.9. The van der Waals surface area contributed by atoms with Crippen molar-refractivity contribution in [3.63, 3.8) is 0 Å². The topological polar surface area (TPSA) is 79.8 Å². The van der Waals surface area contributed by atoms with Gasteiger partial charge < -0.3 is 10.1 Å². The second-order valence-corrected chi connectivity index (χ2v) is 6.44. The van der Waals surface area contributed by atoms with Gasteiger partial charge in [-0.05, 0) is 49.7 Å². The number of hydrogen-bond donors (Lipinski definition) is 2. The summed E-state index contributed by atoms with van der Waals surface area (Å²) in [6, 6.07) is 10.2. The van der Waals surface area contributed by atoms with Crippen molar-refractivity contribution in [3.8, 4) is 5.75 Å². The van der Waals surface area contributed by atoms with Crippen LogP contribution < -0.4 is 15.5 Å². The third kappa shape index (κ3) is 6.58. The van der Waals surface area contributed by atoms with E-state index >= 15 is 0 Å². The molecule has 0 saturated heterocycles. The average Bonchev–Trinajstić information content (AvgIpc) is 2.60. The fourth-order valence-corrected chi connectivity index (χ4v) is 2.50. The molecule has 27 heavy (non-hydrogen) atoms. The molecule has 8 heteroatoms. The Balaban J connectivity index is 1.90. The highest BCUT2D eigenvalue weighted by Crippen LogP contribution is 2.21.